The van der Waals surface area contributed by atoms with E-state index in [1.807, 2.05) is 68.4 Å². The summed E-state index contributed by atoms with van der Waals surface area (Å²) in [7, 11) is 0. The molecular weight excluding hydrogens is 352 g/mol. The Hall–Kier alpha value is -3.08. The van der Waals surface area contributed by atoms with Crippen LogP contribution >= 0.6 is 0 Å². The fourth-order valence-corrected chi connectivity index (χ4v) is 2.38. The summed E-state index contributed by atoms with van der Waals surface area (Å²) >= 11 is 0. The van der Waals surface area contributed by atoms with Gasteiger partial charge < -0.3 is 15.4 Å². The Morgan fingerprint density at radius 1 is 1.00 bits per heavy atom. The lowest BCUT2D eigenvalue weighted by Gasteiger charge is -2.16. The maximum atomic E-state index is 12.0. The largest absolute Gasteiger partial charge is 0.489 e. The summed E-state index contributed by atoms with van der Waals surface area (Å²) in [6, 6.07) is 16.9. The SMILES string of the molecule is CCC(C)NC(=O)C(C)NC(=O)/C=C/c1ccc(OCc2ccccc2)cc1. The van der Waals surface area contributed by atoms with Crippen molar-refractivity contribution in [1.29, 1.82) is 0 Å². The van der Waals surface area contributed by atoms with Gasteiger partial charge in [0.05, 0.1) is 0 Å². The number of nitrogens with one attached hydrogen (secondary N) is 2. The molecule has 0 aromatic heterocycles. The first-order chi connectivity index (χ1) is 13.5. The van der Waals surface area contributed by atoms with E-state index >= 15 is 0 Å². The highest BCUT2D eigenvalue weighted by Gasteiger charge is 2.15. The van der Waals surface area contributed by atoms with Gasteiger partial charge in [0.1, 0.15) is 18.4 Å². The molecule has 5 nitrogen and oxygen atoms in total. The van der Waals surface area contributed by atoms with Gasteiger partial charge in [-0.2, -0.15) is 0 Å². The number of benzene rings is 2. The van der Waals surface area contributed by atoms with Crippen LogP contribution in [0.3, 0.4) is 0 Å². The average molecular weight is 380 g/mol. The molecule has 28 heavy (non-hydrogen) atoms. The first-order valence-corrected chi connectivity index (χ1v) is 9.53. The molecule has 0 fully saturated rings. The maximum Gasteiger partial charge on any atom is 0.244 e. The topological polar surface area (TPSA) is 67.4 Å². The number of amides is 2. The average Bonchev–Trinajstić information content (AvgIpc) is 2.72. The standard InChI is InChI=1S/C23H28N2O3/c1-4-17(2)24-23(27)18(3)25-22(26)15-12-19-10-13-21(14-11-19)28-16-20-8-6-5-7-9-20/h5-15,17-18H,4,16H2,1-3H3,(H,24,27)(H,25,26)/b15-12+. The number of ether oxygens (including phenoxy) is 1. The van der Waals surface area contributed by atoms with Crippen molar-refractivity contribution >= 4 is 17.9 Å². The van der Waals surface area contributed by atoms with Crippen LogP contribution in [0.2, 0.25) is 0 Å². The van der Waals surface area contributed by atoms with Crippen molar-refractivity contribution in [2.75, 3.05) is 0 Å². The molecule has 0 aliphatic heterocycles. The third-order valence-corrected chi connectivity index (χ3v) is 4.31. The minimum atomic E-state index is -0.583. The fourth-order valence-electron chi connectivity index (χ4n) is 2.38. The second kappa shape index (κ2) is 10.9. The van der Waals surface area contributed by atoms with Crippen LogP contribution in [0.1, 0.15) is 38.3 Å². The van der Waals surface area contributed by atoms with Crippen molar-refractivity contribution in [3.05, 3.63) is 71.8 Å². The highest BCUT2D eigenvalue weighted by molar-refractivity contribution is 5.95. The van der Waals surface area contributed by atoms with E-state index in [1.54, 1.807) is 13.0 Å². The van der Waals surface area contributed by atoms with Gasteiger partial charge in [0.15, 0.2) is 0 Å². The van der Waals surface area contributed by atoms with Crippen LogP contribution in [0.5, 0.6) is 5.75 Å². The summed E-state index contributed by atoms with van der Waals surface area (Å²) in [4.78, 5) is 24.0. The summed E-state index contributed by atoms with van der Waals surface area (Å²) < 4.78 is 5.74. The molecule has 2 atom stereocenters. The Bertz CT molecular complexity index is 785. The monoisotopic (exact) mass is 380 g/mol. The van der Waals surface area contributed by atoms with Crippen LogP contribution in [-0.4, -0.2) is 23.9 Å². The van der Waals surface area contributed by atoms with Gasteiger partial charge in [-0.1, -0.05) is 49.4 Å². The predicted molar refractivity (Wildman–Crippen MR) is 112 cm³/mol. The van der Waals surface area contributed by atoms with Crippen LogP contribution in [0.25, 0.3) is 6.08 Å². The normalized spacial score (nSPS) is 13.0. The fraction of sp³-hybridized carbons (Fsp3) is 0.304. The Labute approximate surface area is 166 Å². The van der Waals surface area contributed by atoms with Crippen molar-refractivity contribution in [2.24, 2.45) is 0 Å². The van der Waals surface area contributed by atoms with Crippen LogP contribution < -0.4 is 15.4 Å². The van der Waals surface area contributed by atoms with Crippen molar-refractivity contribution in [3.8, 4) is 5.75 Å². The molecular formula is C23H28N2O3. The number of carbonyl (C=O) groups excluding carboxylic acids is 2. The van der Waals surface area contributed by atoms with Gasteiger partial charge in [-0.15, -0.1) is 0 Å². The lowest BCUT2D eigenvalue weighted by molar-refractivity contribution is -0.127. The second-order valence-electron chi connectivity index (χ2n) is 6.72. The van der Waals surface area contributed by atoms with Gasteiger partial charge in [0.25, 0.3) is 0 Å². The summed E-state index contributed by atoms with van der Waals surface area (Å²) in [5.41, 5.74) is 1.98. The van der Waals surface area contributed by atoms with E-state index in [2.05, 4.69) is 10.6 Å². The number of rotatable bonds is 9. The highest BCUT2D eigenvalue weighted by Crippen LogP contribution is 2.15. The van der Waals surface area contributed by atoms with E-state index < -0.39 is 6.04 Å². The third kappa shape index (κ3) is 7.27. The summed E-state index contributed by atoms with van der Waals surface area (Å²) in [5, 5.41) is 5.51. The quantitative estimate of drug-likeness (QED) is 0.652. The van der Waals surface area contributed by atoms with E-state index in [1.165, 1.54) is 6.08 Å². The van der Waals surface area contributed by atoms with Gasteiger partial charge in [-0.25, -0.2) is 0 Å². The van der Waals surface area contributed by atoms with Gasteiger partial charge >= 0.3 is 0 Å². The van der Waals surface area contributed by atoms with Gasteiger partial charge in [-0.3, -0.25) is 9.59 Å². The Morgan fingerprint density at radius 2 is 1.68 bits per heavy atom. The van der Waals surface area contributed by atoms with Crippen molar-refractivity contribution in [3.63, 3.8) is 0 Å². The van der Waals surface area contributed by atoms with Crippen LogP contribution in [0.15, 0.2) is 60.7 Å². The van der Waals surface area contributed by atoms with E-state index in [0.717, 1.165) is 23.3 Å². The van der Waals surface area contributed by atoms with Crippen LogP contribution in [0, 0.1) is 0 Å². The summed E-state index contributed by atoms with van der Waals surface area (Å²) in [5.74, 6) is 0.271. The first-order valence-electron chi connectivity index (χ1n) is 9.53. The molecule has 0 aliphatic rings. The van der Waals surface area contributed by atoms with E-state index in [4.69, 9.17) is 4.74 Å². The third-order valence-electron chi connectivity index (χ3n) is 4.31. The second-order valence-corrected chi connectivity index (χ2v) is 6.72. The first kappa shape index (κ1) is 21.2. The molecule has 2 aromatic rings. The molecule has 2 amide bonds. The van der Waals surface area contributed by atoms with Gasteiger partial charge in [0, 0.05) is 12.1 Å². The maximum absolute atomic E-state index is 12.0. The number of hydrogen-bond acceptors (Lipinski definition) is 3. The molecule has 2 rings (SSSR count). The Morgan fingerprint density at radius 3 is 2.32 bits per heavy atom. The molecule has 0 bridgehead atoms. The molecule has 0 saturated carbocycles. The molecule has 0 spiro atoms. The predicted octanol–water partition coefficient (Wildman–Crippen LogP) is 3.70. The lowest BCUT2D eigenvalue weighted by atomic mass is 10.2. The van der Waals surface area contributed by atoms with Crippen molar-refractivity contribution in [2.45, 2.75) is 45.9 Å². The molecule has 5 heteroatoms. The zero-order valence-corrected chi connectivity index (χ0v) is 16.6. The van der Waals surface area contributed by atoms with Crippen molar-refractivity contribution in [1.82, 2.24) is 10.6 Å². The van der Waals surface area contributed by atoms with Crippen LogP contribution in [-0.2, 0) is 16.2 Å². The Kier molecular flexibility index (Phi) is 8.28. The molecule has 2 aromatic carbocycles. The molecule has 2 unspecified atom stereocenters. The lowest BCUT2D eigenvalue weighted by Crippen LogP contribution is -2.46. The smallest absolute Gasteiger partial charge is 0.244 e. The number of carbonyl (C=O) groups is 2. The van der Waals surface area contributed by atoms with Crippen molar-refractivity contribution < 1.29 is 14.3 Å². The van der Waals surface area contributed by atoms with E-state index in [0.29, 0.717) is 6.61 Å². The minimum absolute atomic E-state index is 0.0880. The molecule has 0 aliphatic carbocycles. The van der Waals surface area contributed by atoms with E-state index in [9.17, 15) is 9.59 Å². The highest BCUT2D eigenvalue weighted by atomic mass is 16.5. The molecule has 0 radical (unpaired) electrons. The van der Waals surface area contributed by atoms with Gasteiger partial charge in [-0.05, 0) is 49.6 Å². The summed E-state index contributed by atoms with van der Waals surface area (Å²) in [6.07, 6.45) is 3.97. The number of hydrogen-bond donors (Lipinski definition) is 2. The molecule has 0 heterocycles. The zero-order chi connectivity index (χ0) is 20.4. The minimum Gasteiger partial charge on any atom is -0.489 e. The summed E-state index contributed by atoms with van der Waals surface area (Å²) in [6.45, 7) is 6.10. The van der Waals surface area contributed by atoms with Crippen LogP contribution in [0.4, 0.5) is 0 Å². The van der Waals surface area contributed by atoms with Gasteiger partial charge in [0.2, 0.25) is 11.8 Å². The zero-order valence-electron chi connectivity index (χ0n) is 16.6. The van der Waals surface area contributed by atoms with E-state index in [-0.39, 0.29) is 17.9 Å². The molecule has 148 valence electrons. The molecule has 2 N–H and O–H groups in total. The Balaban J connectivity index is 1.81. The molecule has 0 saturated heterocycles.